The lowest BCUT2D eigenvalue weighted by atomic mass is 10.0. The Bertz CT molecular complexity index is 216. The zero-order valence-electron chi connectivity index (χ0n) is 8.29. The van der Waals surface area contributed by atoms with Gasteiger partial charge in [-0.15, -0.1) is 11.6 Å². The molecule has 0 aliphatic carbocycles. The van der Waals surface area contributed by atoms with Gasteiger partial charge in [-0.2, -0.15) is 11.3 Å². The number of hydrogen-bond donors (Lipinski definition) is 0. The van der Waals surface area contributed by atoms with E-state index in [9.17, 15) is 0 Å². The molecule has 1 heterocycles. The van der Waals surface area contributed by atoms with Crippen molar-refractivity contribution in [2.45, 2.75) is 38.5 Å². The second kappa shape index (κ2) is 5.66. The van der Waals surface area contributed by atoms with E-state index in [2.05, 4.69) is 30.7 Å². The van der Waals surface area contributed by atoms with Gasteiger partial charge in [0.1, 0.15) is 0 Å². The normalized spacial score (nSPS) is 13.5. The molecule has 0 bridgehead atoms. The van der Waals surface area contributed by atoms with Crippen LogP contribution in [-0.2, 0) is 6.42 Å². The average molecular weight is 217 g/mol. The Morgan fingerprint density at radius 2 is 2.15 bits per heavy atom. The van der Waals surface area contributed by atoms with Crippen LogP contribution in [0, 0.1) is 5.92 Å². The van der Waals surface area contributed by atoms with Crippen molar-refractivity contribution in [3.8, 4) is 0 Å². The van der Waals surface area contributed by atoms with Crippen LogP contribution < -0.4 is 0 Å². The molecule has 0 radical (unpaired) electrons. The summed E-state index contributed by atoms with van der Waals surface area (Å²) in [6.07, 6.45) is 3.39. The number of rotatable bonds is 5. The Kier molecular flexibility index (Phi) is 4.82. The van der Waals surface area contributed by atoms with Gasteiger partial charge in [0.2, 0.25) is 0 Å². The largest absolute Gasteiger partial charge is 0.152 e. The van der Waals surface area contributed by atoms with Crippen molar-refractivity contribution in [1.29, 1.82) is 0 Å². The van der Waals surface area contributed by atoms with Crippen LogP contribution in [-0.4, -0.2) is 5.38 Å². The van der Waals surface area contributed by atoms with Gasteiger partial charge in [0.25, 0.3) is 0 Å². The SMILES string of the molecule is CC(C)CCC(Cl)Cc1ccsc1. The molecule has 0 aromatic carbocycles. The number of thiophene rings is 1. The van der Waals surface area contributed by atoms with E-state index in [1.54, 1.807) is 11.3 Å². The molecule has 0 saturated heterocycles. The first kappa shape index (κ1) is 11.1. The summed E-state index contributed by atoms with van der Waals surface area (Å²) in [4.78, 5) is 0. The van der Waals surface area contributed by atoms with Crippen molar-refractivity contribution >= 4 is 22.9 Å². The van der Waals surface area contributed by atoms with Crippen LogP contribution in [0.5, 0.6) is 0 Å². The quantitative estimate of drug-likeness (QED) is 0.643. The Balaban J connectivity index is 2.22. The minimum absolute atomic E-state index is 0.317. The predicted molar refractivity (Wildman–Crippen MR) is 61.7 cm³/mol. The Labute approximate surface area is 89.9 Å². The molecule has 1 rings (SSSR count). The second-order valence-electron chi connectivity index (χ2n) is 3.90. The second-order valence-corrected chi connectivity index (χ2v) is 5.30. The molecule has 74 valence electrons. The highest BCUT2D eigenvalue weighted by atomic mass is 35.5. The lowest BCUT2D eigenvalue weighted by Gasteiger charge is -2.09. The summed E-state index contributed by atoms with van der Waals surface area (Å²) < 4.78 is 0. The zero-order chi connectivity index (χ0) is 9.68. The molecule has 0 fully saturated rings. The summed E-state index contributed by atoms with van der Waals surface area (Å²) in [6, 6.07) is 2.16. The van der Waals surface area contributed by atoms with E-state index in [-0.39, 0.29) is 0 Å². The van der Waals surface area contributed by atoms with Gasteiger partial charge in [-0.1, -0.05) is 13.8 Å². The molecule has 1 unspecified atom stereocenters. The molecular weight excluding hydrogens is 200 g/mol. The van der Waals surface area contributed by atoms with E-state index in [0.717, 1.165) is 18.8 Å². The van der Waals surface area contributed by atoms with Gasteiger partial charge in [-0.05, 0) is 47.6 Å². The van der Waals surface area contributed by atoms with E-state index < -0.39 is 0 Å². The third kappa shape index (κ3) is 4.68. The Morgan fingerprint density at radius 3 is 2.69 bits per heavy atom. The maximum absolute atomic E-state index is 6.22. The zero-order valence-corrected chi connectivity index (χ0v) is 9.87. The van der Waals surface area contributed by atoms with Crippen LogP contribution in [0.15, 0.2) is 16.8 Å². The minimum atomic E-state index is 0.317. The molecule has 0 spiro atoms. The van der Waals surface area contributed by atoms with E-state index in [4.69, 9.17) is 11.6 Å². The van der Waals surface area contributed by atoms with Crippen molar-refractivity contribution in [2.24, 2.45) is 5.92 Å². The molecule has 0 amide bonds. The van der Waals surface area contributed by atoms with Crippen molar-refractivity contribution in [3.63, 3.8) is 0 Å². The van der Waals surface area contributed by atoms with Crippen molar-refractivity contribution < 1.29 is 0 Å². The van der Waals surface area contributed by atoms with Gasteiger partial charge in [0.05, 0.1) is 0 Å². The van der Waals surface area contributed by atoms with Crippen molar-refractivity contribution in [3.05, 3.63) is 22.4 Å². The van der Waals surface area contributed by atoms with E-state index >= 15 is 0 Å². The first-order valence-electron chi connectivity index (χ1n) is 4.83. The van der Waals surface area contributed by atoms with Crippen molar-refractivity contribution in [2.75, 3.05) is 0 Å². The topological polar surface area (TPSA) is 0 Å². The van der Waals surface area contributed by atoms with E-state index in [1.165, 1.54) is 12.0 Å². The highest BCUT2D eigenvalue weighted by molar-refractivity contribution is 7.07. The molecular formula is C11H17ClS. The summed E-state index contributed by atoms with van der Waals surface area (Å²) >= 11 is 7.97. The van der Waals surface area contributed by atoms with Crippen LogP contribution in [0.1, 0.15) is 32.3 Å². The molecule has 0 aliphatic rings. The molecule has 2 heteroatoms. The number of hydrogen-bond acceptors (Lipinski definition) is 1. The molecule has 1 atom stereocenters. The van der Waals surface area contributed by atoms with E-state index in [1.807, 2.05) is 0 Å². The van der Waals surface area contributed by atoms with Gasteiger partial charge in [-0.3, -0.25) is 0 Å². The average Bonchev–Trinajstić information content (AvgIpc) is 2.53. The molecule has 1 aromatic rings. The smallest absolute Gasteiger partial charge is 0.0376 e. The van der Waals surface area contributed by atoms with Crippen molar-refractivity contribution in [1.82, 2.24) is 0 Å². The fraction of sp³-hybridized carbons (Fsp3) is 0.636. The Hall–Kier alpha value is -0.0100. The maximum atomic E-state index is 6.22. The van der Waals surface area contributed by atoms with Crippen LogP contribution >= 0.6 is 22.9 Å². The van der Waals surface area contributed by atoms with Gasteiger partial charge >= 0.3 is 0 Å². The standard InChI is InChI=1S/C11H17ClS/c1-9(2)3-4-11(12)7-10-5-6-13-8-10/h5-6,8-9,11H,3-4,7H2,1-2H3. The molecule has 13 heavy (non-hydrogen) atoms. The molecule has 0 N–H and O–H groups in total. The third-order valence-corrected chi connectivity index (χ3v) is 3.20. The van der Waals surface area contributed by atoms with Crippen LogP contribution in [0.4, 0.5) is 0 Å². The summed E-state index contributed by atoms with van der Waals surface area (Å²) in [6.45, 7) is 4.49. The fourth-order valence-corrected chi connectivity index (χ4v) is 2.27. The molecule has 1 aromatic heterocycles. The summed E-state index contributed by atoms with van der Waals surface area (Å²) in [5, 5.41) is 4.61. The van der Waals surface area contributed by atoms with Crippen LogP contribution in [0.2, 0.25) is 0 Å². The lowest BCUT2D eigenvalue weighted by molar-refractivity contribution is 0.542. The van der Waals surface area contributed by atoms with E-state index in [0.29, 0.717) is 5.38 Å². The minimum Gasteiger partial charge on any atom is -0.152 e. The highest BCUT2D eigenvalue weighted by Crippen LogP contribution is 2.17. The first-order chi connectivity index (χ1) is 6.18. The van der Waals surface area contributed by atoms with Gasteiger partial charge < -0.3 is 0 Å². The highest BCUT2D eigenvalue weighted by Gasteiger charge is 2.07. The summed E-state index contributed by atoms with van der Waals surface area (Å²) in [5.41, 5.74) is 1.38. The summed E-state index contributed by atoms with van der Waals surface area (Å²) in [5.74, 6) is 0.767. The number of alkyl halides is 1. The first-order valence-corrected chi connectivity index (χ1v) is 6.21. The monoisotopic (exact) mass is 216 g/mol. The number of halogens is 1. The Morgan fingerprint density at radius 1 is 1.38 bits per heavy atom. The molecule has 0 aliphatic heterocycles. The fourth-order valence-electron chi connectivity index (χ4n) is 1.28. The van der Waals surface area contributed by atoms with Gasteiger partial charge in [0, 0.05) is 5.38 Å². The maximum Gasteiger partial charge on any atom is 0.0376 e. The van der Waals surface area contributed by atoms with Gasteiger partial charge in [0.15, 0.2) is 0 Å². The third-order valence-electron chi connectivity index (χ3n) is 2.09. The lowest BCUT2D eigenvalue weighted by Crippen LogP contribution is -2.04. The van der Waals surface area contributed by atoms with Crippen LogP contribution in [0.25, 0.3) is 0 Å². The molecule has 0 saturated carbocycles. The van der Waals surface area contributed by atoms with Gasteiger partial charge in [-0.25, -0.2) is 0 Å². The predicted octanol–water partition coefficient (Wildman–Crippen LogP) is 4.33. The molecule has 0 nitrogen and oxygen atoms in total. The van der Waals surface area contributed by atoms with Crippen LogP contribution in [0.3, 0.4) is 0 Å². The summed E-state index contributed by atoms with van der Waals surface area (Å²) in [7, 11) is 0.